The van der Waals surface area contributed by atoms with Gasteiger partial charge in [-0.2, -0.15) is 0 Å². The van der Waals surface area contributed by atoms with Gasteiger partial charge in [0.05, 0.1) is 11.2 Å². The van der Waals surface area contributed by atoms with Crippen molar-refractivity contribution in [1.29, 1.82) is 0 Å². The highest BCUT2D eigenvalue weighted by molar-refractivity contribution is 6.52. The molecule has 1 aliphatic rings. The minimum atomic E-state index is -0.457. The van der Waals surface area contributed by atoms with E-state index >= 15 is 0 Å². The van der Waals surface area contributed by atoms with Gasteiger partial charge in [-0.1, -0.05) is 12.1 Å². The second kappa shape index (κ2) is 4.54. The zero-order valence-electron chi connectivity index (χ0n) is 11.7. The lowest BCUT2D eigenvalue weighted by Crippen LogP contribution is -2.41. The van der Waals surface area contributed by atoms with Crippen molar-refractivity contribution < 1.29 is 9.31 Å². The Hall–Kier alpha value is -1.53. The Bertz CT molecular complexity index is 547. The molecule has 0 unspecified atom stereocenters. The number of nitrogens with one attached hydrogen (secondary N) is 1. The molecule has 0 atom stereocenters. The molecule has 6 heteroatoms. The van der Waals surface area contributed by atoms with Gasteiger partial charge < -0.3 is 20.0 Å². The molecular formula is C13H19BN2O3. The average molecular weight is 262 g/mol. The van der Waals surface area contributed by atoms with Gasteiger partial charge in [0.25, 0.3) is 0 Å². The van der Waals surface area contributed by atoms with Crippen molar-refractivity contribution in [3.8, 4) is 0 Å². The smallest absolute Gasteiger partial charge is 0.400 e. The average Bonchev–Trinajstić information content (AvgIpc) is 2.46. The highest BCUT2D eigenvalue weighted by atomic mass is 16.7. The minimum absolute atomic E-state index is 0.135. The number of nitrogen functional groups attached to an aromatic ring is 1. The van der Waals surface area contributed by atoms with Crippen LogP contribution in [0.5, 0.6) is 0 Å². The Morgan fingerprint density at radius 3 is 2.37 bits per heavy atom. The summed E-state index contributed by atoms with van der Waals surface area (Å²) in [5, 5.41) is 0. The molecule has 0 radical (unpaired) electrons. The lowest BCUT2D eigenvalue weighted by Gasteiger charge is -2.32. The maximum absolute atomic E-state index is 11.7. The largest absolute Gasteiger partial charge is 0.487 e. The molecule has 3 N–H and O–H groups in total. The number of aromatic amines is 1. The van der Waals surface area contributed by atoms with Gasteiger partial charge in [-0.3, -0.25) is 4.79 Å². The van der Waals surface area contributed by atoms with Crippen molar-refractivity contribution in [2.24, 2.45) is 0 Å². The molecule has 1 aliphatic heterocycles. The molecule has 0 aromatic carbocycles. The molecule has 19 heavy (non-hydrogen) atoms. The molecule has 102 valence electrons. The van der Waals surface area contributed by atoms with E-state index in [0.717, 1.165) is 0 Å². The summed E-state index contributed by atoms with van der Waals surface area (Å²) in [5.74, 6) is 2.08. The quantitative estimate of drug-likeness (QED) is 0.793. The SMILES string of the molecule is CC1(C)OB(/C=C/c2c[nH]c(N)cc2=O)OC1(C)C. The van der Waals surface area contributed by atoms with Gasteiger partial charge in [0.2, 0.25) is 0 Å². The van der Waals surface area contributed by atoms with E-state index in [0.29, 0.717) is 11.4 Å². The lowest BCUT2D eigenvalue weighted by atomic mass is 9.89. The number of H-pyrrole nitrogens is 1. The summed E-state index contributed by atoms with van der Waals surface area (Å²) in [5.41, 5.74) is 5.11. The highest BCUT2D eigenvalue weighted by Gasteiger charge is 2.49. The summed E-state index contributed by atoms with van der Waals surface area (Å²) in [6.07, 6.45) is 3.25. The Morgan fingerprint density at radius 1 is 1.26 bits per heavy atom. The number of hydrogen-bond acceptors (Lipinski definition) is 4. The third kappa shape index (κ3) is 2.74. The predicted octanol–water partition coefficient (Wildman–Crippen LogP) is 1.60. The van der Waals surface area contributed by atoms with Crippen LogP contribution in [0.15, 0.2) is 23.0 Å². The standard InChI is InChI=1S/C13H19BN2O3/c1-12(2)13(3,4)19-14(18-12)6-5-9-8-16-11(15)7-10(9)17/h5-8H,1-4H3,(H3,15,16,17)/b6-5+. The van der Waals surface area contributed by atoms with Crippen molar-refractivity contribution in [1.82, 2.24) is 4.98 Å². The second-order valence-electron chi connectivity index (χ2n) is 5.69. The van der Waals surface area contributed by atoms with Gasteiger partial charge in [0.1, 0.15) is 5.82 Å². The molecule has 0 saturated carbocycles. The fourth-order valence-corrected chi connectivity index (χ4v) is 1.78. The van der Waals surface area contributed by atoms with Crippen LogP contribution in [0.25, 0.3) is 6.08 Å². The molecule has 1 fully saturated rings. The molecule has 5 nitrogen and oxygen atoms in total. The van der Waals surface area contributed by atoms with Crippen molar-refractivity contribution in [3.63, 3.8) is 0 Å². The van der Waals surface area contributed by atoms with Crippen LogP contribution in [0.1, 0.15) is 33.3 Å². The van der Waals surface area contributed by atoms with Crippen molar-refractivity contribution in [2.45, 2.75) is 38.9 Å². The summed E-state index contributed by atoms with van der Waals surface area (Å²) >= 11 is 0. The van der Waals surface area contributed by atoms with Crippen LogP contribution in [0.3, 0.4) is 0 Å². The third-order valence-corrected chi connectivity index (χ3v) is 3.67. The lowest BCUT2D eigenvalue weighted by molar-refractivity contribution is 0.00578. The molecule has 2 rings (SSSR count). The maximum atomic E-state index is 11.7. The van der Waals surface area contributed by atoms with Crippen LogP contribution in [0.4, 0.5) is 5.82 Å². The zero-order chi connectivity index (χ0) is 14.3. The molecular weight excluding hydrogens is 243 g/mol. The minimum Gasteiger partial charge on any atom is -0.400 e. The van der Waals surface area contributed by atoms with Gasteiger partial charge in [0, 0.05) is 17.8 Å². The topological polar surface area (TPSA) is 77.3 Å². The number of rotatable bonds is 2. The fraction of sp³-hybridized carbons (Fsp3) is 0.462. The number of nitrogens with two attached hydrogens (primary N) is 1. The normalized spacial score (nSPS) is 21.2. The second-order valence-corrected chi connectivity index (χ2v) is 5.69. The van der Waals surface area contributed by atoms with Crippen LogP contribution >= 0.6 is 0 Å². The first-order valence-electron chi connectivity index (χ1n) is 6.23. The molecule has 1 aromatic heterocycles. The highest BCUT2D eigenvalue weighted by Crippen LogP contribution is 2.36. The number of anilines is 1. The van der Waals surface area contributed by atoms with Gasteiger partial charge in [-0.05, 0) is 27.7 Å². The summed E-state index contributed by atoms with van der Waals surface area (Å²) < 4.78 is 11.6. The van der Waals surface area contributed by atoms with Gasteiger partial charge in [0.15, 0.2) is 5.43 Å². The number of hydrogen-bond donors (Lipinski definition) is 2. The van der Waals surface area contributed by atoms with Crippen LogP contribution in [0, 0.1) is 0 Å². The van der Waals surface area contributed by atoms with Gasteiger partial charge >= 0.3 is 7.12 Å². The number of aromatic nitrogens is 1. The molecule has 2 heterocycles. The fourth-order valence-electron chi connectivity index (χ4n) is 1.78. The first-order chi connectivity index (χ1) is 8.71. The maximum Gasteiger partial charge on any atom is 0.487 e. The summed E-state index contributed by atoms with van der Waals surface area (Å²) in [7, 11) is -0.457. The van der Waals surface area contributed by atoms with Gasteiger partial charge in [-0.25, -0.2) is 0 Å². The summed E-state index contributed by atoms with van der Waals surface area (Å²) in [4.78, 5) is 14.5. The van der Waals surface area contributed by atoms with Gasteiger partial charge in [-0.15, -0.1) is 0 Å². The Balaban J connectivity index is 2.15. The summed E-state index contributed by atoms with van der Waals surface area (Å²) in [6, 6.07) is 1.35. The third-order valence-electron chi connectivity index (χ3n) is 3.67. The Kier molecular flexibility index (Phi) is 3.32. The van der Waals surface area contributed by atoms with Crippen LogP contribution in [-0.4, -0.2) is 23.3 Å². The van der Waals surface area contributed by atoms with E-state index in [4.69, 9.17) is 15.0 Å². The van der Waals surface area contributed by atoms with Crippen LogP contribution in [0.2, 0.25) is 0 Å². The van der Waals surface area contributed by atoms with E-state index in [1.54, 1.807) is 18.2 Å². The molecule has 0 spiro atoms. The van der Waals surface area contributed by atoms with E-state index in [2.05, 4.69) is 4.98 Å². The van der Waals surface area contributed by atoms with E-state index in [-0.39, 0.29) is 16.6 Å². The first-order valence-corrected chi connectivity index (χ1v) is 6.23. The monoisotopic (exact) mass is 262 g/mol. The molecule has 0 aliphatic carbocycles. The van der Waals surface area contributed by atoms with E-state index in [1.165, 1.54) is 6.07 Å². The predicted molar refractivity (Wildman–Crippen MR) is 76.6 cm³/mol. The molecule has 1 aromatic rings. The first kappa shape index (κ1) is 13.9. The number of pyridine rings is 1. The Labute approximate surface area is 112 Å². The van der Waals surface area contributed by atoms with Crippen molar-refractivity contribution in [3.05, 3.63) is 34.0 Å². The van der Waals surface area contributed by atoms with E-state index in [9.17, 15) is 4.79 Å². The zero-order valence-corrected chi connectivity index (χ0v) is 11.7. The van der Waals surface area contributed by atoms with Crippen molar-refractivity contribution >= 4 is 19.0 Å². The van der Waals surface area contributed by atoms with E-state index < -0.39 is 7.12 Å². The van der Waals surface area contributed by atoms with Crippen LogP contribution in [-0.2, 0) is 9.31 Å². The van der Waals surface area contributed by atoms with E-state index in [1.807, 2.05) is 27.7 Å². The molecule has 1 saturated heterocycles. The Morgan fingerprint density at radius 2 is 1.84 bits per heavy atom. The molecule has 0 bridgehead atoms. The molecule has 0 amide bonds. The van der Waals surface area contributed by atoms with Crippen LogP contribution < -0.4 is 11.2 Å². The van der Waals surface area contributed by atoms with Crippen molar-refractivity contribution in [2.75, 3.05) is 5.73 Å². The summed E-state index contributed by atoms with van der Waals surface area (Å²) in [6.45, 7) is 7.93.